The molecule has 0 radical (unpaired) electrons. The molecule has 2 aromatic rings. The molecular weight excluding hydrogens is 222 g/mol. The van der Waals surface area contributed by atoms with Crippen LogP contribution in [-0.2, 0) is 6.54 Å². The van der Waals surface area contributed by atoms with Crippen molar-refractivity contribution in [1.29, 1.82) is 0 Å². The van der Waals surface area contributed by atoms with E-state index in [-0.39, 0.29) is 0 Å². The first-order valence-electron chi connectivity index (χ1n) is 6.59. The van der Waals surface area contributed by atoms with E-state index in [4.69, 9.17) is 0 Å². The topological polar surface area (TPSA) is 29.9 Å². The fraction of sp³-hybridized carbons (Fsp3) is 0.400. The van der Waals surface area contributed by atoms with Crippen LogP contribution in [-0.4, -0.2) is 22.9 Å². The molecule has 96 valence electrons. The molecular formula is C15H21N3. The molecule has 1 aromatic carbocycles. The summed E-state index contributed by atoms with van der Waals surface area (Å²) in [6.07, 6.45) is 4.95. The Morgan fingerprint density at radius 1 is 1.22 bits per heavy atom. The molecule has 0 saturated heterocycles. The van der Waals surface area contributed by atoms with Crippen molar-refractivity contribution in [1.82, 2.24) is 15.1 Å². The number of aromatic nitrogens is 2. The highest BCUT2D eigenvalue weighted by Gasteiger charge is 2.03. The quantitative estimate of drug-likeness (QED) is 0.758. The first-order chi connectivity index (χ1) is 8.86. The average molecular weight is 243 g/mol. The zero-order chi connectivity index (χ0) is 12.6. The molecule has 0 fully saturated rings. The summed E-state index contributed by atoms with van der Waals surface area (Å²) < 4.78 is 1.97. The van der Waals surface area contributed by atoms with Crippen LogP contribution in [0.3, 0.4) is 0 Å². The summed E-state index contributed by atoms with van der Waals surface area (Å²) in [6, 6.07) is 12.6. The standard InChI is InChI=1S/C15H21N3/c1-14(15-7-3-2-4-8-15)13-16-9-5-11-18-12-6-10-17-18/h2-4,6-8,10,12,14,16H,5,9,11,13H2,1H3. The molecule has 1 heterocycles. The van der Waals surface area contributed by atoms with Crippen LogP contribution in [0, 0.1) is 0 Å². The maximum atomic E-state index is 4.19. The minimum atomic E-state index is 0.566. The highest BCUT2D eigenvalue weighted by Crippen LogP contribution is 2.12. The third-order valence-corrected chi connectivity index (χ3v) is 3.12. The number of benzene rings is 1. The minimum Gasteiger partial charge on any atom is -0.316 e. The lowest BCUT2D eigenvalue weighted by Gasteiger charge is -2.12. The number of rotatable bonds is 7. The van der Waals surface area contributed by atoms with Crippen LogP contribution >= 0.6 is 0 Å². The SMILES string of the molecule is CC(CNCCCn1cccn1)c1ccccc1. The number of aryl methyl sites for hydroxylation is 1. The van der Waals surface area contributed by atoms with E-state index < -0.39 is 0 Å². The first kappa shape index (κ1) is 12.8. The van der Waals surface area contributed by atoms with Gasteiger partial charge in [-0.25, -0.2) is 0 Å². The van der Waals surface area contributed by atoms with Crippen LogP contribution in [0.5, 0.6) is 0 Å². The summed E-state index contributed by atoms with van der Waals surface area (Å²) in [5.41, 5.74) is 1.40. The van der Waals surface area contributed by atoms with Gasteiger partial charge in [-0.2, -0.15) is 5.10 Å². The maximum Gasteiger partial charge on any atom is 0.0489 e. The highest BCUT2D eigenvalue weighted by molar-refractivity contribution is 5.18. The van der Waals surface area contributed by atoms with E-state index in [0.717, 1.165) is 26.1 Å². The van der Waals surface area contributed by atoms with Crippen molar-refractivity contribution in [3.63, 3.8) is 0 Å². The van der Waals surface area contributed by atoms with Gasteiger partial charge >= 0.3 is 0 Å². The van der Waals surface area contributed by atoms with Gasteiger partial charge in [-0.1, -0.05) is 37.3 Å². The van der Waals surface area contributed by atoms with E-state index in [0.29, 0.717) is 5.92 Å². The Balaban J connectivity index is 1.61. The zero-order valence-electron chi connectivity index (χ0n) is 10.9. The summed E-state index contributed by atoms with van der Waals surface area (Å²) in [4.78, 5) is 0. The van der Waals surface area contributed by atoms with E-state index in [9.17, 15) is 0 Å². The molecule has 18 heavy (non-hydrogen) atoms. The van der Waals surface area contributed by atoms with Crippen molar-refractivity contribution >= 4 is 0 Å². The van der Waals surface area contributed by atoms with E-state index in [1.54, 1.807) is 0 Å². The fourth-order valence-corrected chi connectivity index (χ4v) is 2.02. The molecule has 1 N–H and O–H groups in total. The fourth-order valence-electron chi connectivity index (χ4n) is 2.02. The Hall–Kier alpha value is -1.61. The number of nitrogens with one attached hydrogen (secondary N) is 1. The first-order valence-corrected chi connectivity index (χ1v) is 6.59. The number of nitrogens with zero attached hydrogens (tertiary/aromatic N) is 2. The molecule has 0 aliphatic heterocycles. The van der Waals surface area contributed by atoms with Crippen LogP contribution in [0.4, 0.5) is 0 Å². The van der Waals surface area contributed by atoms with Gasteiger partial charge < -0.3 is 5.32 Å². The molecule has 2 rings (SSSR count). The molecule has 3 heteroatoms. The Kier molecular flexibility index (Phi) is 4.97. The van der Waals surface area contributed by atoms with Gasteiger partial charge in [0.15, 0.2) is 0 Å². The van der Waals surface area contributed by atoms with E-state index >= 15 is 0 Å². The molecule has 1 atom stereocenters. The van der Waals surface area contributed by atoms with E-state index in [1.165, 1.54) is 5.56 Å². The minimum absolute atomic E-state index is 0.566. The van der Waals surface area contributed by atoms with Crippen molar-refractivity contribution in [3.05, 3.63) is 54.4 Å². The molecule has 0 aliphatic carbocycles. The monoisotopic (exact) mass is 243 g/mol. The second-order valence-corrected chi connectivity index (χ2v) is 4.64. The molecule has 0 aliphatic rings. The predicted molar refractivity (Wildman–Crippen MR) is 74.6 cm³/mol. The van der Waals surface area contributed by atoms with Gasteiger partial charge in [-0.3, -0.25) is 4.68 Å². The Bertz CT molecular complexity index is 422. The van der Waals surface area contributed by atoms with Gasteiger partial charge in [0.2, 0.25) is 0 Å². The third-order valence-electron chi connectivity index (χ3n) is 3.12. The molecule has 0 spiro atoms. The summed E-state index contributed by atoms with van der Waals surface area (Å²) in [7, 11) is 0. The molecule has 0 saturated carbocycles. The maximum absolute atomic E-state index is 4.19. The van der Waals surface area contributed by atoms with Gasteiger partial charge in [0.25, 0.3) is 0 Å². The predicted octanol–water partition coefficient (Wildman–Crippen LogP) is 2.67. The largest absolute Gasteiger partial charge is 0.316 e. The summed E-state index contributed by atoms with van der Waals surface area (Å²) in [6.45, 7) is 5.32. The summed E-state index contributed by atoms with van der Waals surface area (Å²) in [5, 5.41) is 7.69. The lowest BCUT2D eigenvalue weighted by molar-refractivity contribution is 0.530. The second kappa shape index (κ2) is 6.97. The summed E-state index contributed by atoms with van der Waals surface area (Å²) >= 11 is 0. The van der Waals surface area contributed by atoms with Gasteiger partial charge in [0.1, 0.15) is 0 Å². The smallest absolute Gasteiger partial charge is 0.0489 e. The van der Waals surface area contributed by atoms with Crippen LogP contribution in [0.2, 0.25) is 0 Å². The Morgan fingerprint density at radius 2 is 2.06 bits per heavy atom. The van der Waals surface area contributed by atoms with Gasteiger partial charge in [-0.05, 0) is 30.5 Å². The summed E-state index contributed by atoms with van der Waals surface area (Å²) in [5.74, 6) is 0.566. The second-order valence-electron chi connectivity index (χ2n) is 4.64. The van der Waals surface area contributed by atoms with Gasteiger partial charge in [0, 0.05) is 25.5 Å². The van der Waals surface area contributed by atoms with Crippen molar-refractivity contribution < 1.29 is 0 Å². The molecule has 1 aromatic heterocycles. The van der Waals surface area contributed by atoms with Crippen molar-refractivity contribution in [3.8, 4) is 0 Å². The van der Waals surface area contributed by atoms with Crippen LogP contribution in [0.25, 0.3) is 0 Å². The normalized spacial score (nSPS) is 12.5. The van der Waals surface area contributed by atoms with Gasteiger partial charge in [-0.15, -0.1) is 0 Å². The van der Waals surface area contributed by atoms with Crippen LogP contribution < -0.4 is 5.32 Å². The average Bonchev–Trinajstić information content (AvgIpc) is 2.92. The van der Waals surface area contributed by atoms with E-state index in [1.807, 2.05) is 23.1 Å². The zero-order valence-corrected chi connectivity index (χ0v) is 10.9. The van der Waals surface area contributed by atoms with Crippen molar-refractivity contribution in [2.45, 2.75) is 25.8 Å². The lowest BCUT2D eigenvalue weighted by atomic mass is 10.0. The van der Waals surface area contributed by atoms with E-state index in [2.05, 4.69) is 47.7 Å². The Morgan fingerprint density at radius 3 is 2.78 bits per heavy atom. The van der Waals surface area contributed by atoms with Gasteiger partial charge in [0.05, 0.1) is 0 Å². The number of hydrogen-bond donors (Lipinski definition) is 1. The lowest BCUT2D eigenvalue weighted by Crippen LogP contribution is -2.22. The van der Waals surface area contributed by atoms with Crippen molar-refractivity contribution in [2.24, 2.45) is 0 Å². The van der Waals surface area contributed by atoms with Crippen molar-refractivity contribution in [2.75, 3.05) is 13.1 Å². The molecule has 3 nitrogen and oxygen atoms in total. The highest BCUT2D eigenvalue weighted by atomic mass is 15.3. The molecule has 1 unspecified atom stereocenters. The van der Waals surface area contributed by atoms with Crippen LogP contribution in [0.15, 0.2) is 48.8 Å². The number of hydrogen-bond acceptors (Lipinski definition) is 2. The molecule has 0 amide bonds. The molecule has 0 bridgehead atoms. The Labute approximate surface area is 109 Å². The third kappa shape index (κ3) is 4.00. The van der Waals surface area contributed by atoms with Crippen LogP contribution in [0.1, 0.15) is 24.8 Å².